The second-order valence-electron chi connectivity index (χ2n) is 4.32. The Labute approximate surface area is 145 Å². The minimum Gasteiger partial charge on any atom is -0.497 e. The molecule has 0 bridgehead atoms. The molecule has 0 aliphatic heterocycles. The number of methoxy groups -OCH3 is 1. The largest absolute Gasteiger partial charge is 0.497 e. The minimum atomic E-state index is -0.289. The molecule has 2 rings (SSSR count). The van der Waals surface area contributed by atoms with E-state index in [2.05, 4.69) is 31.9 Å². The number of rotatable bonds is 5. The van der Waals surface area contributed by atoms with Crippen LogP contribution in [0.1, 0.15) is 13.3 Å². The summed E-state index contributed by atoms with van der Waals surface area (Å²) in [5, 5.41) is 0. The lowest BCUT2D eigenvalue weighted by Crippen LogP contribution is -2.05. The Hall–Kier alpha value is -1.53. The van der Waals surface area contributed by atoms with Crippen LogP contribution >= 0.6 is 31.9 Å². The van der Waals surface area contributed by atoms with Crippen molar-refractivity contribution < 1.29 is 19.0 Å². The summed E-state index contributed by atoms with van der Waals surface area (Å²) in [7, 11) is 1.61. The summed E-state index contributed by atoms with van der Waals surface area (Å²) in [6.07, 6.45) is 0.319. The monoisotopic (exact) mass is 428 g/mol. The van der Waals surface area contributed by atoms with E-state index in [1.807, 2.05) is 24.3 Å². The van der Waals surface area contributed by atoms with Crippen LogP contribution in [0.5, 0.6) is 23.0 Å². The zero-order valence-corrected chi connectivity index (χ0v) is 15.2. The second-order valence-corrected chi connectivity index (χ2v) is 6.03. The van der Waals surface area contributed by atoms with E-state index < -0.39 is 0 Å². The summed E-state index contributed by atoms with van der Waals surface area (Å²) in [5.41, 5.74) is 0. The first-order valence-corrected chi connectivity index (χ1v) is 8.13. The Bertz CT molecular complexity index is 645. The van der Waals surface area contributed by atoms with Gasteiger partial charge in [-0.1, -0.05) is 6.92 Å². The normalized spacial score (nSPS) is 10.2. The van der Waals surface area contributed by atoms with Crippen LogP contribution in [0.3, 0.4) is 0 Å². The number of benzene rings is 2. The third-order valence-corrected chi connectivity index (χ3v) is 3.95. The SMILES string of the molecule is CCC(=O)Oc1cc(Br)c(Oc2ccc(OC)cc2)c(Br)c1. The van der Waals surface area contributed by atoms with E-state index in [1.165, 1.54) is 0 Å². The quantitative estimate of drug-likeness (QED) is 0.476. The lowest BCUT2D eigenvalue weighted by molar-refractivity contribution is -0.134. The van der Waals surface area contributed by atoms with Crippen molar-refractivity contribution in [1.29, 1.82) is 0 Å². The summed E-state index contributed by atoms with van der Waals surface area (Å²) in [6, 6.07) is 10.6. The zero-order chi connectivity index (χ0) is 16.1. The molecule has 0 saturated heterocycles. The molecule has 4 nitrogen and oxygen atoms in total. The van der Waals surface area contributed by atoms with Crippen molar-refractivity contribution in [3.63, 3.8) is 0 Å². The van der Waals surface area contributed by atoms with Gasteiger partial charge in [-0.05, 0) is 68.3 Å². The lowest BCUT2D eigenvalue weighted by Gasteiger charge is -2.12. The topological polar surface area (TPSA) is 44.8 Å². The molecule has 0 radical (unpaired) electrons. The number of carbonyl (C=O) groups excluding carboxylic acids is 1. The van der Waals surface area contributed by atoms with Crippen LogP contribution in [0.25, 0.3) is 0 Å². The zero-order valence-electron chi connectivity index (χ0n) is 12.1. The number of esters is 1. The molecule has 0 amide bonds. The predicted molar refractivity (Wildman–Crippen MR) is 90.8 cm³/mol. The number of hydrogen-bond donors (Lipinski definition) is 0. The molecule has 0 spiro atoms. The molecule has 22 heavy (non-hydrogen) atoms. The van der Waals surface area contributed by atoms with E-state index >= 15 is 0 Å². The van der Waals surface area contributed by atoms with Gasteiger partial charge in [-0.2, -0.15) is 0 Å². The van der Waals surface area contributed by atoms with E-state index in [-0.39, 0.29) is 5.97 Å². The summed E-state index contributed by atoms with van der Waals surface area (Å²) >= 11 is 6.85. The standard InChI is InChI=1S/C16H14Br2O4/c1-3-15(19)21-12-8-13(17)16(14(18)9-12)22-11-6-4-10(20-2)5-7-11/h4-9H,3H2,1-2H3. The van der Waals surface area contributed by atoms with Crippen molar-refractivity contribution >= 4 is 37.8 Å². The highest BCUT2D eigenvalue weighted by Crippen LogP contribution is 2.40. The molecule has 0 N–H and O–H groups in total. The van der Waals surface area contributed by atoms with Crippen molar-refractivity contribution in [1.82, 2.24) is 0 Å². The highest BCUT2D eigenvalue weighted by atomic mass is 79.9. The Kier molecular flexibility index (Phi) is 5.85. The van der Waals surface area contributed by atoms with Crippen LogP contribution < -0.4 is 14.2 Å². The fourth-order valence-corrected chi connectivity index (χ4v) is 2.96. The Balaban J connectivity index is 2.21. The molecule has 0 unspecified atom stereocenters. The van der Waals surface area contributed by atoms with Crippen LogP contribution in [-0.2, 0) is 4.79 Å². The maximum Gasteiger partial charge on any atom is 0.310 e. The van der Waals surface area contributed by atoms with Gasteiger partial charge in [0.25, 0.3) is 0 Å². The van der Waals surface area contributed by atoms with Crippen LogP contribution in [0, 0.1) is 0 Å². The molecule has 0 aliphatic carbocycles. The fourth-order valence-electron chi connectivity index (χ4n) is 1.66. The number of ether oxygens (including phenoxy) is 3. The van der Waals surface area contributed by atoms with Gasteiger partial charge in [0.05, 0.1) is 16.1 Å². The third-order valence-electron chi connectivity index (χ3n) is 2.77. The smallest absolute Gasteiger partial charge is 0.310 e. The Morgan fingerprint density at radius 2 is 1.55 bits per heavy atom. The number of carbonyl (C=O) groups is 1. The minimum absolute atomic E-state index is 0.289. The van der Waals surface area contributed by atoms with Crippen molar-refractivity contribution in [3.8, 4) is 23.0 Å². The molecule has 2 aromatic carbocycles. The summed E-state index contributed by atoms with van der Waals surface area (Å²) in [5.74, 6) is 2.18. The van der Waals surface area contributed by atoms with Crippen molar-refractivity contribution in [2.75, 3.05) is 7.11 Å². The van der Waals surface area contributed by atoms with Gasteiger partial charge in [0.1, 0.15) is 17.2 Å². The van der Waals surface area contributed by atoms with Gasteiger partial charge in [-0.25, -0.2) is 0 Å². The average molecular weight is 430 g/mol. The first kappa shape index (κ1) is 16.8. The van der Waals surface area contributed by atoms with Crippen LogP contribution in [-0.4, -0.2) is 13.1 Å². The second kappa shape index (κ2) is 7.65. The summed E-state index contributed by atoms with van der Waals surface area (Å²) in [6.45, 7) is 1.74. The van der Waals surface area contributed by atoms with E-state index in [4.69, 9.17) is 14.2 Å². The highest BCUT2D eigenvalue weighted by Gasteiger charge is 2.12. The van der Waals surface area contributed by atoms with Crippen molar-refractivity contribution in [2.45, 2.75) is 13.3 Å². The molecule has 0 heterocycles. The lowest BCUT2D eigenvalue weighted by atomic mass is 10.3. The Morgan fingerprint density at radius 3 is 2.05 bits per heavy atom. The highest BCUT2D eigenvalue weighted by molar-refractivity contribution is 9.11. The summed E-state index contributed by atoms with van der Waals surface area (Å²) in [4.78, 5) is 11.3. The predicted octanol–water partition coefficient (Wildman–Crippen LogP) is 5.33. The van der Waals surface area contributed by atoms with E-state index in [9.17, 15) is 4.79 Å². The van der Waals surface area contributed by atoms with Gasteiger partial charge in [-0.3, -0.25) is 4.79 Å². The maximum atomic E-state index is 11.3. The fraction of sp³-hybridized carbons (Fsp3) is 0.188. The van der Waals surface area contributed by atoms with Gasteiger partial charge in [0.15, 0.2) is 5.75 Å². The van der Waals surface area contributed by atoms with Crippen LogP contribution in [0.2, 0.25) is 0 Å². The molecule has 0 saturated carbocycles. The van der Waals surface area contributed by atoms with Crippen LogP contribution in [0.4, 0.5) is 0 Å². The van der Waals surface area contributed by atoms with Crippen LogP contribution in [0.15, 0.2) is 45.3 Å². The van der Waals surface area contributed by atoms with Gasteiger partial charge in [-0.15, -0.1) is 0 Å². The van der Waals surface area contributed by atoms with Gasteiger partial charge in [0.2, 0.25) is 0 Å². The first-order valence-electron chi connectivity index (χ1n) is 6.55. The molecule has 116 valence electrons. The Morgan fingerprint density at radius 1 is 1.00 bits per heavy atom. The molecule has 0 aliphatic rings. The first-order chi connectivity index (χ1) is 10.5. The van der Waals surface area contributed by atoms with Gasteiger partial charge in [0, 0.05) is 6.42 Å². The summed E-state index contributed by atoms with van der Waals surface area (Å²) < 4.78 is 17.5. The molecular weight excluding hydrogens is 416 g/mol. The molecule has 0 aromatic heterocycles. The number of hydrogen-bond acceptors (Lipinski definition) is 4. The maximum absolute atomic E-state index is 11.3. The molecular formula is C16H14Br2O4. The molecule has 0 fully saturated rings. The third kappa shape index (κ3) is 4.24. The van der Waals surface area contributed by atoms with Gasteiger partial charge >= 0.3 is 5.97 Å². The van der Waals surface area contributed by atoms with Gasteiger partial charge < -0.3 is 14.2 Å². The van der Waals surface area contributed by atoms with Crippen molar-refractivity contribution in [2.24, 2.45) is 0 Å². The van der Waals surface area contributed by atoms with E-state index in [1.54, 1.807) is 26.2 Å². The number of halogens is 2. The molecule has 0 atom stereocenters. The average Bonchev–Trinajstić information content (AvgIpc) is 2.51. The molecule has 2 aromatic rings. The van der Waals surface area contributed by atoms with E-state index in [0.717, 1.165) is 5.75 Å². The van der Waals surface area contributed by atoms with Crippen molar-refractivity contribution in [3.05, 3.63) is 45.3 Å². The van der Waals surface area contributed by atoms with E-state index in [0.29, 0.717) is 32.6 Å². The molecule has 6 heteroatoms.